The fraction of sp³-hybridized carbons (Fsp3) is 0.0870. The van der Waals surface area contributed by atoms with Gasteiger partial charge in [0.15, 0.2) is 13.3 Å². The van der Waals surface area contributed by atoms with Crippen LogP contribution in [0.15, 0.2) is 272 Å². The van der Waals surface area contributed by atoms with Crippen LogP contribution >= 0.6 is 0 Å². The monoisotopic (exact) mass is 1130 g/mol. The first-order chi connectivity index (χ1) is 41.0. The fourth-order valence-electron chi connectivity index (χ4n) is 9.36. The number of ether oxygens (including phenoxy) is 4. The minimum atomic E-state index is -4.11. The number of allylic oxidation sites excluding steroid dienone is 2. The Morgan fingerprint density at radius 3 is 1.14 bits per heavy atom. The maximum absolute atomic E-state index is 15.3. The summed E-state index contributed by atoms with van der Waals surface area (Å²) in [7, 11) is -2.21. The van der Waals surface area contributed by atoms with Gasteiger partial charge in [-0.2, -0.15) is 0 Å². The molecule has 84 heavy (non-hydrogen) atoms. The molecule has 2 heterocycles. The topological polar surface area (TPSA) is 72.7 Å². The second kappa shape index (κ2) is 25.5. The van der Waals surface area contributed by atoms with Crippen molar-refractivity contribution in [3.63, 3.8) is 0 Å². The zero-order valence-corrected chi connectivity index (χ0v) is 44.8. The summed E-state index contributed by atoms with van der Waals surface area (Å²) in [5, 5.41) is 0. The highest BCUT2D eigenvalue weighted by molar-refractivity contribution is 6.44. The van der Waals surface area contributed by atoms with Crippen molar-refractivity contribution < 1.29 is 54.6 Å². The maximum Gasteiger partial charge on any atom is 0.598 e. The summed E-state index contributed by atoms with van der Waals surface area (Å²) in [4.78, 5) is 5.46. The van der Waals surface area contributed by atoms with E-state index in [0.717, 1.165) is 0 Å². The molecule has 1 aliphatic rings. The average Bonchev–Trinajstić information content (AvgIpc) is 3.10. The quantitative estimate of drug-likeness (QED) is 0.0469. The van der Waals surface area contributed by atoms with Crippen LogP contribution in [0.2, 0.25) is 0 Å². The van der Waals surface area contributed by atoms with Gasteiger partial charge in [0, 0.05) is 28.0 Å². The summed E-state index contributed by atoms with van der Waals surface area (Å²) in [6, 6.07) is 76.4. The van der Waals surface area contributed by atoms with Crippen molar-refractivity contribution in [1.29, 1.82) is 0 Å². The lowest BCUT2D eigenvalue weighted by Gasteiger charge is -2.26. The molecule has 0 radical (unpaired) electrons. The van der Waals surface area contributed by atoms with Crippen molar-refractivity contribution in [2.75, 3.05) is 26.6 Å². The summed E-state index contributed by atoms with van der Waals surface area (Å²) in [5.41, 5.74) is 5.43. The minimum Gasteiger partial charge on any atom is -0.457 e. The van der Waals surface area contributed by atoms with E-state index in [2.05, 4.69) is 0 Å². The lowest BCUT2D eigenvalue weighted by molar-refractivity contribution is -0.0824. The first-order valence-corrected chi connectivity index (χ1v) is 26.8. The molecule has 10 aromatic rings. The van der Waals surface area contributed by atoms with Crippen molar-refractivity contribution in [1.82, 2.24) is 4.48 Å². The fourth-order valence-corrected chi connectivity index (χ4v) is 9.36. The lowest BCUT2D eigenvalue weighted by atomic mass is 9.89. The second-order valence-electron chi connectivity index (χ2n) is 19.5. The molecule has 15 heteroatoms. The number of alkyl halides is 6. The van der Waals surface area contributed by atoms with Crippen LogP contribution in [-0.2, 0) is 9.31 Å². The van der Waals surface area contributed by atoms with Crippen LogP contribution in [-0.4, -0.2) is 55.9 Å². The first-order valence-electron chi connectivity index (χ1n) is 26.8. The maximum atomic E-state index is 15.3. The molecule has 0 atom stereocenters. The number of aliphatic imine (C=N–C) groups is 1. The molecule has 0 bridgehead atoms. The Labute approximate surface area is 481 Å². The van der Waals surface area contributed by atoms with E-state index < -0.39 is 45.7 Å². The zero-order chi connectivity index (χ0) is 57.9. The molecule has 0 spiro atoms. The number of hydrogen-bond acceptors (Lipinski definition) is 7. The molecule has 0 amide bonds. The van der Waals surface area contributed by atoms with Crippen LogP contribution in [0.25, 0.3) is 33.5 Å². The molecule has 1 aliphatic heterocycles. The third-order valence-corrected chi connectivity index (χ3v) is 13.4. The van der Waals surface area contributed by atoms with Gasteiger partial charge in [0.25, 0.3) is 11.8 Å². The van der Waals surface area contributed by atoms with Crippen molar-refractivity contribution in [3.8, 4) is 68.4 Å². The van der Waals surface area contributed by atoms with Crippen LogP contribution in [0.1, 0.15) is 22.4 Å². The van der Waals surface area contributed by atoms with Gasteiger partial charge in [-0.25, -0.2) is 31.3 Å². The molecule has 11 rings (SSSR count). The first kappa shape index (κ1) is 56.1. The van der Waals surface area contributed by atoms with E-state index in [9.17, 15) is 8.78 Å². The Bertz CT molecular complexity index is 3870. The minimum absolute atomic E-state index is 0.177. The highest BCUT2D eigenvalue weighted by atomic mass is 19.3. The van der Waals surface area contributed by atoms with Gasteiger partial charge in [-0.1, -0.05) is 127 Å². The molecular formula is C69H51BF6N2O6. The molecule has 0 saturated heterocycles. The lowest BCUT2D eigenvalue weighted by Crippen LogP contribution is -2.42. The van der Waals surface area contributed by atoms with Crippen LogP contribution < -0.4 is 18.9 Å². The normalized spacial score (nSPS) is 13.0. The standard InChI is InChI=1S/C69H51BF6N2O6/c71-44-68(73,74)46-79-70(80-47-69(75,76)45-72)78-64(51-32-40-60(41-33-51)84-56-24-14-5-15-25-56)43-62(49-28-36-58(37-29-49)82-54-20-10-3-11-21-54)67(78)65(52-16-6-1-7-17-52)66-61(48-26-34-57(35-27-48)81-53-18-8-2-9-19-53)42-63(77-66)50-30-38-59(39-31-50)83-55-22-12-4-13-23-55/h1-43H,44-47H2/b66-65-. The van der Waals surface area contributed by atoms with E-state index in [1.807, 2.05) is 194 Å². The van der Waals surface area contributed by atoms with E-state index in [0.29, 0.717) is 102 Å². The molecule has 0 saturated carbocycles. The largest absolute Gasteiger partial charge is 0.598 e. The van der Waals surface area contributed by atoms with Crippen LogP contribution in [0.4, 0.5) is 26.3 Å². The Hall–Kier alpha value is -9.83. The van der Waals surface area contributed by atoms with Crippen molar-refractivity contribution in [2.24, 2.45) is 4.99 Å². The highest BCUT2D eigenvalue weighted by Gasteiger charge is 2.41. The molecule has 0 unspecified atom stereocenters. The third kappa shape index (κ3) is 13.6. The molecule has 1 aromatic heterocycles. The molecule has 0 fully saturated rings. The van der Waals surface area contributed by atoms with Crippen molar-refractivity contribution in [3.05, 3.63) is 289 Å². The van der Waals surface area contributed by atoms with Crippen LogP contribution in [0.3, 0.4) is 0 Å². The summed E-state index contributed by atoms with van der Waals surface area (Å²) < 4.78 is 127. The van der Waals surface area contributed by atoms with Crippen molar-refractivity contribution >= 4 is 24.1 Å². The number of benzene rings is 9. The molecule has 0 aliphatic carbocycles. The van der Waals surface area contributed by atoms with Gasteiger partial charge < -0.3 is 32.7 Å². The summed E-state index contributed by atoms with van der Waals surface area (Å²) in [6.45, 7) is -7.53. The summed E-state index contributed by atoms with van der Waals surface area (Å²) >= 11 is 0. The predicted octanol–water partition coefficient (Wildman–Crippen LogP) is 18.4. The van der Waals surface area contributed by atoms with E-state index in [4.69, 9.17) is 33.2 Å². The smallest absolute Gasteiger partial charge is 0.457 e. The Balaban J connectivity index is 1.18. The van der Waals surface area contributed by atoms with Crippen molar-refractivity contribution in [2.45, 2.75) is 11.8 Å². The van der Waals surface area contributed by atoms with E-state index in [-0.39, 0.29) is 11.4 Å². The third-order valence-electron chi connectivity index (χ3n) is 13.4. The Kier molecular flexibility index (Phi) is 17.0. The number of para-hydroxylation sites is 4. The van der Waals surface area contributed by atoms with Gasteiger partial charge in [-0.15, -0.1) is 0 Å². The SMILES string of the molecule is FCC(F)(F)COB(OCC(F)(F)CF)n1c(-c2ccc(Oc3ccccc3)cc2)cc(-c2ccc(Oc3ccccc3)cc2)c1/C(=C1\N=C(c2ccc(Oc3ccccc3)cc2)C=C1c1ccc(Oc2ccccc2)cc1)c1ccccc1. The van der Waals surface area contributed by atoms with Gasteiger partial charge in [0.05, 0.1) is 30.3 Å². The predicted molar refractivity (Wildman–Crippen MR) is 316 cm³/mol. The Morgan fingerprint density at radius 2 is 0.750 bits per heavy atom. The number of halogens is 6. The van der Waals surface area contributed by atoms with Gasteiger partial charge in [0.2, 0.25) is 0 Å². The average molecular weight is 1130 g/mol. The number of aromatic nitrogens is 1. The molecule has 9 aromatic carbocycles. The van der Waals surface area contributed by atoms with Gasteiger partial charge >= 0.3 is 7.25 Å². The number of rotatable bonds is 23. The van der Waals surface area contributed by atoms with Gasteiger partial charge in [-0.05, 0) is 156 Å². The van der Waals surface area contributed by atoms with E-state index >= 15 is 17.6 Å². The van der Waals surface area contributed by atoms with Crippen LogP contribution in [0.5, 0.6) is 46.0 Å². The Morgan fingerprint density at radius 1 is 0.405 bits per heavy atom. The molecular weight excluding hydrogens is 1080 g/mol. The summed E-state index contributed by atoms with van der Waals surface area (Å²) in [5.74, 6) is -3.80. The molecule has 0 N–H and O–H groups in total. The van der Waals surface area contributed by atoms with Gasteiger partial charge in [-0.3, -0.25) is 0 Å². The van der Waals surface area contributed by atoms with Crippen LogP contribution in [0, 0.1) is 0 Å². The summed E-state index contributed by atoms with van der Waals surface area (Å²) in [6.07, 6.45) is 1.92. The zero-order valence-electron chi connectivity index (χ0n) is 44.8. The molecule has 418 valence electrons. The second-order valence-corrected chi connectivity index (χ2v) is 19.5. The van der Waals surface area contributed by atoms with Gasteiger partial charge in [0.1, 0.15) is 46.0 Å². The van der Waals surface area contributed by atoms with E-state index in [1.54, 1.807) is 66.7 Å². The highest BCUT2D eigenvalue weighted by Crippen LogP contribution is 2.47. The molecule has 8 nitrogen and oxygen atoms in total. The number of hydrogen-bond donors (Lipinski definition) is 0. The van der Waals surface area contributed by atoms with E-state index in [1.165, 1.54) is 4.48 Å². The number of nitrogens with zero attached hydrogens (tertiary/aromatic N) is 2.